The Kier molecular flexibility index (Phi) is 6.78. The second kappa shape index (κ2) is 8.82. The molecular weight excluding hydrogens is 326 g/mol. The van der Waals surface area contributed by atoms with Crippen LogP contribution >= 0.6 is 11.3 Å². The molecule has 2 atom stereocenters. The summed E-state index contributed by atoms with van der Waals surface area (Å²) in [5, 5.41) is 7.46. The van der Waals surface area contributed by atoms with E-state index >= 15 is 0 Å². The van der Waals surface area contributed by atoms with E-state index in [1.165, 1.54) is 11.3 Å². The molecule has 0 radical (unpaired) electrons. The number of thiophene rings is 1. The maximum absolute atomic E-state index is 12.6. The van der Waals surface area contributed by atoms with Crippen LogP contribution in [0.4, 0.5) is 0 Å². The molecule has 2 heterocycles. The zero-order valence-corrected chi connectivity index (χ0v) is 15.0. The first-order valence-electron chi connectivity index (χ1n) is 8.43. The molecule has 1 aromatic heterocycles. The minimum absolute atomic E-state index is 0.0182. The number of carbonyl (C=O) groups is 3. The Labute approximate surface area is 146 Å². The van der Waals surface area contributed by atoms with E-state index in [1.54, 1.807) is 24.0 Å². The SMILES string of the molecule is CCCNC(=O)C1CCCN(C(=O)C(C)NC(=O)c2cccs2)C1. The van der Waals surface area contributed by atoms with E-state index in [4.69, 9.17) is 0 Å². The molecule has 2 N–H and O–H groups in total. The fraction of sp³-hybridized carbons (Fsp3) is 0.588. The molecule has 24 heavy (non-hydrogen) atoms. The van der Waals surface area contributed by atoms with E-state index < -0.39 is 6.04 Å². The van der Waals surface area contributed by atoms with Crippen LogP contribution in [0.3, 0.4) is 0 Å². The van der Waals surface area contributed by atoms with Gasteiger partial charge in [0.1, 0.15) is 6.04 Å². The number of nitrogens with zero attached hydrogens (tertiary/aromatic N) is 1. The van der Waals surface area contributed by atoms with Gasteiger partial charge in [-0.05, 0) is 37.6 Å². The molecule has 0 aromatic carbocycles. The summed E-state index contributed by atoms with van der Waals surface area (Å²) in [6.45, 7) is 5.42. The van der Waals surface area contributed by atoms with Crippen molar-refractivity contribution in [1.29, 1.82) is 0 Å². The lowest BCUT2D eigenvalue weighted by atomic mass is 9.96. The van der Waals surface area contributed by atoms with Crippen molar-refractivity contribution in [3.05, 3.63) is 22.4 Å². The zero-order chi connectivity index (χ0) is 17.5. The van der Waals surface area contributed by atoms with Gasteiger partial charge in [0.05, 0.1) is 10.8 Å². The highest BCUT2D eigenvalue weighted by Crippen LogP contribution is 2.18. The van der Waals surface area contributed by atoms with Crippen molar-refractivity contribution < 1.29 is 14.4 Å². The van der Waals surface area contributed by atoms with E-state index in [1.807, 2.05) is 12.3 Å². The van der Waals surface area contributed by atoms with Gasteiger partial charge < -0.3 is 15.5 Å². The standard InChI is InChI=1S/C17H25N3O3S/c1-3-8-18-15(21)13-6-4-9-20(11-13)17(23)12(2)19-16(22)14-7-5-10-24-14/h5,7,10,12-13H,3-4,6,8-9,11H2,1-2H3,(H,18,21)(H,19,22). The molecule has 3 amide bonds. The van der Waals surface area contributed by atoms with Gasteiger partial charge in [0.15, 0.2) is 0 Å². The van der Waals surface area contributed by atoms with E-state index in [2.05, 4.69) is 10.6 Å². The van der Waals surface area contributed by atoms with Gasteiger partial charge in [0.2, 0.25) is 11.8 Å². The number of hydrogen-bond donors (Lipinski definition) is 2. The Morgan fingerprint density at radius 2 is 2.21 bits per heavy atom. The van der Waals surface area contributed by atoms with E-state index in [-0.39, 0.29) is 23.6 Å². The van der Waals surface area contributed by atoms with Crippen LogP contribution in [0.25, 0.3) is 0 Å². The Morgan fingerprint density at radius 1 is 1.42 bits per heavy atom. The molecule has 1 aliphatic heterocycles. The molecule has 6 nitrogen and oxygen atoms in total. The summed E-state index contributed by atoms with van der Waals surface area (Å²) in [7, 11) is 0. The minimum Gasteiger partial charge on any atom is -0.356 e. The van der Waals surface area contributed by atoms with Crippen LogP contribution in [0.15, 0.2) is 17.5 Å². The zero-order valence-electron chi connectivity index (χ0n) is 14.2. The lowest BCUT2D eigenvalue weighted by Crippen LogP contribution is -2.52. The van der Waals surface area contributed by atoms with Crippen molar-refractivity contribution in [1.82, 2.24) is 15.5 Å². The summed E-state index contributed by atoms with van der Waals surface area (Å²) >= 11 is 1.34. The fourth-order valence-electron chi connectivity index (χ4n) is 2.79. The monoisotopic (exact) mass is 351 g/mol. The van der Waals surface area contributed by atoms with Gasteiger partial charge in [-0.2, -0.15) is 0 Å². The number of likely N-dealkylation sites (tertiary alicyclic amines) is 1. The summed E-state index contributed by atoms with van der Waals surface area (Å²) in [4.78, 5) is 39.0. The predicted molar refractivity (Wildman–Crippen MR) is 93.9 cm³/mol. The third-order valence-corrected chi connectivity index (χ3v) is 4.98. The Balaban J connectivity index is 1.88. The molecule has 1 saturated heterocycles. The number of piperidine rings is 1. The fourth-order valence-corrected chi connectivity index (χ4v) is 3.42. The van der Waals surface area contributed by atoms with Crippen molar-refractivity contribution in [3.63, 3.8) is 0 Å². The molecule has 1 aromatic rings. The highest BCUT2D eigenvalue weighted by molar-refractivity contribution is 7.12. The summed E-state index contributed by atoms with van der Waals surface area (Å²) in [6, 6.07) is 2.93. The Morgan fingerprint density at radius 3 is 2.88 bits per heavy atom. The van der Waals surface area contributed by atoms with Crippen LogP contribution in [-0.2, 0) is 9.59 Å². The second-order valence-electron chi connectivity index (χ2n) is 6.09. The number of hydrogen-bond acceptors (Lipinski definition) is 4. The van der Waals surface area contributed by atoms with E-state index in [0.29, 0.717) is 24.5 Å². The molecule has 0 bridgehead atoms. The molecule has 1 fully saturated rings. The van der Waals surface area contributed by atoms with Gasteiger partial charge in [-0.25, -0.2) is 0 Å². The van der Waals surface area contributed by atoms with Crippen molar-refractivity contribution in [3.8, 4) is 0 Å². The number of carbonyl (C=O) groups excluding carboxylic acids is 3. The van der Waals surface area contributed by atoms with Crippen molar-refractivity contribution in [2.75, 3.05) is 19.6 Å². The third kappa shape index (κ3) is 4.80. The molecule has 1 aliphatic rings. The first-order valence-corrected chi connectivity index (χ1v) is 9.31. The highest BCUT2D eigenvalue weighted by atomic mass is 32.1. The molecule has 132 valence electrons. The predicted octanol–water partition coefficient (Wildman–Crippen LogP) is 1.63. The molecule has 0 saturated carbocycles. The number of nitrogens with one attached hydrogen (secondary N) is 2. The normalized spacial score (nSPS) is 18.8. The average molecular weight is 351 g/mol. The maximum atomic E-state index is 12.6. The van der Waals surface area contributed by atoms with Gasteiger partial charge in [0, 0.05) is 19.6 Å². The Bertz CT molecular complexity index is 574. The summed E-state index contributed by atoms with van der Waals surface area (Å²) in [5.41, 5.74) is 0. The number of rotatable bonds is 6. The summed E-state index contributed by atoms with van der Waals surface area (Å²) in [6.07, 6.45) is 2.50. The van der Waals surface area contributed by atoms with Crippen LogP contribution < -0.4 is 10.6 Å². The summed E-state index contributed by atoms with van der Waals surface area (Å²) in [5.74, 6) is -0.507. The van der Waals surface area contributed by atoms with E-state index in [9.17, 15) is 14.4 Å². The molecular formula is C17H25N3O3S. The van der Waals surface area contributed by atoms with Crippen molar-refractivity contribution in [2.24, 2.45) is 5.92 Å². The van der Waals surface area contributed by atoms with Gasteiger partial charge in [-0.3, -0.25) is 14.4 Å². The van der Waals surface area contributed by atoms with Gasteiger partial charge in [-0.15, -0.1) is 11.3 Å². The molecule has 7 heteroatoms. The molecule has 2 unspecified atom stereocenters. The average Bonchev–Trinajstić information content (AvgIpc) is 3.13. The Hall–Kier alpha value is -1.89. The highest BCUT2D eigenvalue weighted by Gasteiger charge is 2.30. The van der Waals surface area contributed by atoms with Gasteiger partial charge in [-0.1, -0.05) is 13.0 Å². The topological polar surface area (TPSA) is 78.5 Å². The van der Waals surface area contributed by atoms with Crippen LogP contribution in [0.5, 0.6) is 0 Å². The largest absolute Gasteiger partial charge is 0.356 e. The van der Waals surface area contributed by atoms with Crippen molar-refractivity contribution >= 4 is 29.1 Å². The van der Waals surface area contributed by atoms with E-state index in [0.717, 1.165) is 19.3 Å². The minimum atomic E-state index is -0.600. The lowest BCUT2D eigenvalue weighted by molar-refractivity contribution is -0.137. The summed E-state index contributed by atoms with van der Waals surface area (Å²) < 4.78 is 0. The first-order chi connectivity index (χ1) is 11.5. The van der Waals surface area contributed by atoms with Crippen molar-refractivity contribution in [2.45, 2.75) is 39.2 Å². The second-order valence-corrected chi connectivity index (χ2v) is 7.03. The van der Waals surface area contributed by atoms with Gasteiger partial charge >= 0.3 is 0 Å². The molecule has 0 spiro atoms. The van der Waals surface area contributed by atoms with Crippen LogP contribution in [-0.4, -0.2) is 48.3 Å². The van der Waals surface area contributed by atoms with Gasteiger partial charge in [0.25, 0.3) is 5.91 Å². The molecule has 0 aliphatic carbocycles. The van der Waals surface area contributed by atoms with Crippen LogP contribution in [0.2, 0.25) is 0 Å². The smallest absolute Gasteiger partial charge is 0.261 e. The third-order valence-electron chi connectivity index (χ3n) is 4.12. The molecule has 2 rings (SSSR count). The lowest BCUT2D eigenvalue weighted by Gasteiger charge is -2.33. The maximum Gasteiger partial charge on any atom is 0.261 e. The first kappa shape index (κ1) is 18.4. The quantitative estimate of drug-likeness (QED) is 0.818. The van der Waals surface area contributed by atoms with Crippen LogP contribution in [0, 0.1) is 5.92 Å². The van der Waals surface area contributed by atoms with Crippen LogP contribution in [0.1, 0.15) is 42.8 Å². The number of amides is 3.